The second kappa shape index (κ2) is 4.43. The molecule has 2 heterocycles. The van der Waals surface area contributed by atoms with Crippen molar-refractivity contribution in [2.45, 2.75) is 44.7 Å². The second-order valence-electron chi connectivity index (χ2n) is 5.59. The maximum atomic E-state index is 11.1. The molecule has 1 saturated carbocycles. The van der Waals surface area contributed by atoms with E-state index in [2.05, 4.69) is 13.0 Å². The first kappa shape index (κ1) is 11.8. The molecule has 0 amide bonds. The zero-order chi connectivity index (χ0) is 12.7. The van der Waals surface area contributed by atoms with Crippen molar-refractivity contribution in [1.82, 2.24) is 4.90 Å². The lowest BCUT2D eigenvalue weighted by molar-refractivity contribution is -0.142. The lowest BCUT2D eigenvalue weighted by atomic mass is 10.2. The van der Waals surface area contributed by atoms with Crippen LogP contribution < -0.4 is 0 Å². The van der Waals surface area contributed by atoms with E-state index in [1.165, 1.54) is 6.42 Å². The van der Waals surface area contributed by atoms with Crippen molar-refractivity contribution in [3.8, 4) is 0 Å². The highest BCUT2D eigenvalue weighted by Crippen LogP contribution is 2.47. The van der Waals surface area contributed by atoms with Gasteiger partial charge in [-0.25, -0.2) is 0 Å². The topological polar surface area (TPSA) is 53.7 Å². The highest BCUT2D eigenvalue weighted by Gasteiger charge is 2.37. The number of rotatable bonds is 4. The van der Waals surface area contributed by atoms with E-state index in [9.17, 15) is 4.79 Å². The summed E-state index contributed by atoms with van der Waals surface area (Å²) in [5, 5.41) is 9.13. The molecule has 98 valence electrons. The largest absolute Gasteiger partial charge is 0.480 e. The van der Waals surface area contributed by atoms with Crippen molar-refractivity contribution in [1.29, 1.82) is 0 Å². The third kappa shape index (κ3) is 2.17. The Balaban J connectivity index is 1.65. The fraction of sp³-hybridized carbons (Fsp3) is 0.643. The number of furan rings is 1. The Hall–Kier alpha value is -1.29. The molecule has 2 fully saturated rings. The molecule has 4 nitrogen and oxygen atoms in total. The van der Waals surface area contributed by atoms with Crippen LogP contribution in [0.1, 0.15) is 43.6 Å². The lowest BCUT2D eigenvalue weighted by Gasteiger charge is -2.19. The number of likely N-dealkylation sites (tertiary alicyclic amines) is 1. The minimum atomic E-state index is -0.713. The van der Waals surface area contributed by atoms with Crippen LogP contribution in [0.15, 0.2) is 16.5 Å². The summed E-state index contributed by atoms with van der Waals surface area (Å²) in [5.74, 6) is 2.59. The monoisotopic (exact) mass is 249 g/mol. The van der Waals surface area contributed by atoms with Gasteiger partial charge in [0.05, 0.1) is 6.54 Å². The summed E-state index contributed by atoms with van der Waals surface area (Å²) < 4.78 is 5.83. The van der Waals surface area contributed by atoms with Gasteiger partial charge in [0.2, 0.25) is 0 Å². The Morgan fingerprint density at radius 2 is 2.33 bits per heavy atom. The van der Waals surface area contributed by atoms with Gasteiger partial charge in [0.15, 0.2) is 0 Å². The van der Waals surface area contributed by atoms with Crippen LogP contribution in [0, 0.1) is 5.92 Å². The van der Waals surface area contributed by atoms with Gasteiger partial charge in [0, 0.05) is 5.92 Å². The van der Waals surface area contributed by atoms with Crippen LogP contribution in [-0.4, -0.2) is 28.6 Å². The van der Waals surface area contributed by atoms with Gasteiger partial charge in [0.25, 0.3) is 0 Å². The predicted molar refractivity (Wildman–Crippen MR) is 66.3 cm³/mol. The van der Waals surface area contributed by atoms with Gasteiger partial charge in [-0.3, -0.25) is 9.69 Å². The molecule has 0 bridgehead atoms. The van der Waals surface area contributed by atoms with Gasteiger partial charge in [-0.2, -0.15) is 0 Å². The molecule has 0 radical (unpaired) electrons. The number of carboxylic acids is 1. The molecule has 1 aromatic rings. The molecule has 0 spiro atoms. The highest BCUT2D eigenvalue weighted by molar-refractivity contribution is 5.73. The summed E-state index contributed by atoms with van der Waals surface area (Å²) in [4.78, 5) is 13.1. The Morgan fingerprint density at radius 3 is 3.00 bits per heavy atom. The fourth-order valence-electron chi connectivity index (χ4n) is 2.89. The first-order valence-electron chi connectivity index (χ1n) is 6.70. The molecule has 1 aliphatic heterocycles. The van der Waals surface area contributed by atoms with E-state index in [1.54, 1.807) is 0 Å². The van der Waals surface area contributed by atoms with Gasteiger partial charge >= 0.3 is 5.97 Å². The first-order chi connectivity index (χ1) is 8.65. The van der Waals surface area contributed by atoms with Crippen molar-refractivity contribution in [3.63, 3.8) is 0 Å². The van der Waals surface area contributed by atoms with E-state index in [-0.39, 0.29) is 6.04 Å². The van der Waals surface area contributed by atoms with Crippen LogP contribution >= 0.6 is 0 Å². The predicted octanol–water partition coefficient (Wildman–Crippen LogP) is 2.45. The number of carboxylic acid groups (broad SMARTS) is 1. The zero-order valence-electron chi connectivity index (χ0n) is 10.6. The van der Waals surface area contributed by atoms with Crippen LogP contribution in [0.5, 0.6) is 0 Å². The van der Waals surface area contributed by atoms with Crippen LogP contribution in [-0.2, 0) is 11.3 Å². The number of hydrogen-bond acceptors (Lipinski definition) is 3. The van der Waals surface area contributed by atoms with E-state index < -0.39 is 5.97 Å². The number of nitrogens with zero attached hydrogens (tertiary/aromatic N) is 1. The molecule has 4 heteroatoms. The smallest absolute Gasteiger partial charge is 0.320 e. The van der Waals surface area contributed by atoms with Crippen LogP contribution in [0.25, 0.3) is 0 Å². The fourth-order valence-corrected chi connectivity index (χ4v) is 2.89. The van der Waals surface area contributed by atoms with E-state index in [0.29, 0.717) is 12.5 Å². The number of hydrogen-bond donors (Lipinski definition) is 1. The summed E-state index contributed by atoms with van der Waals surface area (Å²) >= 11 is 0. The zero-order valence-corrected chi connectivity index (χ0v) is 10.6. The molecular weight excluding hydrogens is 230 g/mol. The quantitative estimate of drug-likeness (QED) is 0.890. The number of aliphatic carboxylic acids is 1. The average molecular weight is 249 g/mol. The second-order valence-corrected chi connectivity index (χ2v) is 5.59. The maximum absolute atomic E-state index is 11.1. The maximum Gasteiger partial charge on any atom is 0.320 e. The summed E-state index contributed by atoms with van der Waals surface area (Å²) in [6.45, 7) is 3.71. The van der Waals surface area contributed by atoms with E-state index in [0.717, 1.165) is 36.8 Å². The molecule has 18 heavy (non-hydrogen) atoms. The molecule has 1 aliphatic carbocycles. The van der Waals surface area contributed by atoms with Crippen LogP contribution in [0.4, 0.5) is 0 Å². The van der Waals surface area contributed by atoms with Crippen LogP contribution in [0.2, 0.25) is 0 Å². The summed E-state index contributed by atoms with van der Waals surface area (Å²) in [6, 6.07) is 3.71. The normalized spacial score (nSPS) is 31.7. The van der Waals surface area contributed by atoms with E-state index in [1.807, 2.05) is 11.0 Å². The molecule has 1 saturated heterocycles. The minimum Gasteiger partial charge on any atom is -0.480 e. The van der Waals surface area contributed by atoms with Crippen molar-refractivity contribution >= 4 is 5.97 Å². The minimum absolute atomic E-state index is 0.335. The molecule has 1 N–H and O–H groups in total. The lowest BCUT2D eigenvalue weighted by Crippen LogP contribution is -2.35. The third-order valence-electron chi connectivity index (χ3n) is 4.17. The third-order valence-corrected chi connectivity index (χ3v) is 4.17. The standard InChI is InChI=1S/C14H19NO3/c1-9-7-11(9)13-5-4-10(18-13)8-15-6-2-3-12(15)14(16)17/h4-5,9,11-12H,2-3,6-8H2,1H3,(H,16,17). The van der Waals surface area contributed by atoms with Gasteiger partial charge < -0.3 is 9.52 Å². The SMILES string of the molecule is CC1CC1c1ccc(CN2CCCC2C(=O)O)o1. The van der Waals surface area contributed by atoms with E-state index in [4.69, 9.17) is 9.52 Å². The Bertz CT molecular complexity index is 454. The Kier molecular flexibility index (Phi) is 2.90. The van der Waals surface area contributed by atoms with Crippen molar-refractivity contribution in [3.05, 3.63) is 23.7 Å². The molecule has 3 atom stereocenters. The average Bonchev–Trinajstić information content (AvgIpc) is 2.80. The molecule has 3 rings (SSSR count). The van der Waals surface area contributed by atoms with Gasteiger partial charge in [-0.1, -0.05) is 6.92 Å². The Labute approximate surface area is 107 Å². The van der Waals surface area contributed by atoms with Crippen molar-refractivity contribution < 1.29 is 14.3 Å². The summed E-state index contributed by atoms with van der Waals surface area (Å²) in [7, 11) is 0. The highest BCUT2D eigenvalue weighted by atomic mass is 16.4. The first-order valence-corrected chi connectivity index (χ1v) is 6.70. The number of carbonyl (C=O) groups is 1. The van der Waals surface area contributed by atoms with Crippen molar-refractivity contribution in [2.24, 2.45) is 5.92 Å². The van der Waals surface area contributed by atoms with E-state index >= 15 is 0 Å². The summed E-state index contributed by atoms with van der Waals surface area (Å²) in [5.41, 5.74) is 0. The molecule has 3 unspecified atom stereocenters. The van der Waals surface area contributed by atoms with Gasteiger partial charge in [0.1, 0.15) is 17.6 Å². The molecule has 1 aromatic heterocycles. The molecular formula is C14H19NO3. The van der Waals surface area contributed by atoms with Gasteiger partial charge in [-0.05, 0) is 43.9 Å². The van der Waals surface area contributed by atoms with Crippen molar-refractivity contribution in [2.75, 3.05) is 6.54 Å². The Morgan fingerprint density at radius 1 is 1.56 bits per heavy atom. The summed E-state index contributed by atoms with van der Waals surface area (Å²) in [6.07, 6.45) is 2.93. The van der Waals surface area contributed by atoms with Gasteiger partial charge in [-0.15, -0.1) is 0 Å². The van der Waals surface area contributed by atoms with Crippen LogP contribution in [0.3, 0.4) is 0 Å². The molecule has 0 aromatic carbocycles. The molecule has 2 aliphatic rings.